The summed E-state index contributed by atoms with van der Waals surface area (Å²) in [7, 11) is 0. The zero-order chi connectivity index (χ0) is 13.8. The SMILES string of the molecule is CCCNCc1cc(Cn2cc(Cl)c(C)n2)c(C)s1. The summed E-state index contributed by atoms with van der Waals surface area (Å²) in [5.41, 5.74) is 2.22. The second kappa shape index (κ2) is 6.55. The van der Waals surface area contributed by atoms with E-state index in [0.29, 0.717) is 0 Å². The van der Waals surface area contributed by atoms with Crippen molar-refractivity contribution in [2.45, 2.75) is 40.3 Å². The molecule has 0 saturated heterocycles. The van der Waals surface area contributed by atoms with Crippen LogP contribution in [0.15, 0.2) is 12.3 Å². The average molecular weight is 298 g/mol. The first-order valence-electron chi connectivity index (χ1n) is 6.58. The number of nitrogens with zero attached hydrogens (tertiary/aromatic N) is 2. The molecule has 0 aromatic carbocycles. The Labute approximate surface area is 123 Å². The van der Waals surface area contributed by atoms with Crippen LogP contribution in [0.1, 0.15) is 34.4 Å². The molecule has 0 fully saturated rings. The molecule has 0 amide bonds. The summed E-state index contributed by atoms with van der Waals surface area (Å²) >= 11 is 7.89. The van der Waals surface area contributed by atoms with Gasteiger partial charge in [-0.25, -0.2) is 0 Å². The van der Waals surface area contributed by atoms with Gasteiger partial charge in [0.15, 0.2) is 0 Å². The highest BCUT2D eigenvalue weighted by Crippen LogP contribution is 2.23. The average Bonchev–Trinajstić information content (AvgIpc) is 2.85. The molecule has 19 heavy (non-hydrogen) atoms. The van der Waals surface area contributed by atoms with Crippen LogP contribution in [0.3, 0.4) is 0 Å². The lowest BCUT2D eigenvalue weighted by Crippen LogP contribution is -2.12. The fourth-order valence-electron chi connectivity index (χ4n) is 1.97. The van der Waals surface area contributed by atoms with Gasteiger partial charge in [0.05, 0.1) is 17.3 Å². The topological polar surface area (TPSA) is 29.9 Å². The van der Waals surface area contributed by atoms with E-state index in [0.717, 1.165) is 30.4 Å². The molecule has 0 radical (unpaired) electrons. The van der Waals surface area contributed by atoms with Crippen LogP contribution in [0.4, 0.5) is 0 Å². The van der Waals surface area contributed by atoms with E-state index in [4.69, 9.17) is 11.6 Å². The Kier molecular flexibility index (Phi) is 5.02. The van der Waals surface area contributed by atoms with Crippen molar-refractivity contribution >= 4 is 22.9 Å². The van der Waals surface area contributed by atoms with E-state index in [9.17, 15) is 0 Å². The maximum absolute atomic E-state index is 6.03. The molecule has 1 N–H and O–H groups in total. The lowest BCUT2D eigenvalue weighted by Gasteiger charge is -2.00. The first-order chi connectivity index (χ1) is 9.10. The van der Waals surface area contributed by atoms with Gasteiger partial charge >= 0.3 is 0 Å². The zero-order valence-electron chi connectivity index (χ0n) is 11.7. The van der Waals surface area contributed by atoms with E-state index >= 15 is 0 Å². The van der Waals surface area contributed by atoms with Crippen molar-refractivity contribution in [2.24, 2.45) is 0 Å². The summed E-state index contributed by atoms with van der Waals surface area (Å²) in [6.45, 7) is 9.10. The van der Waals surface area contributed by atoms with E-state index in [1.807, 2.05) is 29.1 Å². The van der Waals surface area contributed by atoms with E-state index in [1.54, 1.807) is 0 Å². The number of halogens is 1. The van der Waals surface area contributed by atoms with Crippen molar-refractivity contribution in [1.82, 2.24) is 15.1 Å². The fourth-order valence-corrected chi connectivity index (χ4v) is 3.14. The normalized spacial score (nSPS) is 11.2. The molecule has 0 saturated carbocycles. The maximum Gasteiger partial charge on any atom is 0.0815 e. The number of aryl methyl sites for hydroxylation is 2. The van der Waals surface area contributed by atoms with Gasteiger partial charge in [-0.2, -0.15) is 5.10 Å². The Morgan fingerprint density at radius 1 is 1.42 bits per heavy atom. The minimum Gasteiger partial charge on any atom is -0.312 e. The third-order valence-electron chi connectivity index (χ3n) is 3.02. The first kappa shape index (κ1) is 14.6. The smallest absolute Gasteiger partial charge is 0.0815 e. The van der Waals surface area contributed by atoms with Gasteiger partial charge in [0.2, 0.25) is 0 Å². The van der Waals surface area contributed by atoms with Gasteiger partial charge in [0, 0.05) is 22.5 Å². The molecule has 2 rings (SSSR count). The number of hydrogen-bond acceptors (Lipinski definition) is 3. The molecule has 0 spiro atoms. The molecule has 0 atom stereocenters. The van der Waals surface area contributed by atoms with E-state index in [2.05, 4.69) is 30.3 Å². The molecule has 0 aliphatic rings. The number of rotatable bonds is 6. The van der Waals surface area contributed by atoms with Crippen LogP contribution in [0.5, 0.6) is 0 Å². The predicted molar refractivity (Wildman–Crippen MR) is 82.1 cm³/mol. The standard InChI is InChI=1S/C14H20ClN3S/c1-4-5-16-7-13-6-12(11(3)19-13)8-18-9-14(15)10(2)17-18/h6,9,16H,4-5,7-8H2,1-3H3. The molecular formula is C14H20ClN3S. The highest BCUT2D eigenvalue weighted by Gasteiger charge is 2.08. The van der Waals surface area contributed by atoms with Crippen molar-refractivity contribution in [3.63, 3.8) is 0 Å². The van der Waals surface area contributed by atoms with Gasteiger partial charge in [0.25, 0.3) is 0 Å². The number of hydrogen-bond donors (Lipinski definition) is 1. The van der Waals surface area contributed by atoms with Crippen LogP contribution in [0, 0.1) is 13.8 Å². The largest absolute Gasteiger partial charge is 0.312 e. The molecule has 5 heteroatoms. The van der Waals surface area contributed by atoms with Crippen molar-refractivity contribution in [2.75, 3.05) is 6.54 Å². The summed E-state index contributed by atoms with van der Waals surface area (Å²) in [5, 5.41) is 8.57. The summed E-state index contributed by atoms with van der Waals surface area (Å²) in [6, 6.07) is 2.27. The Morgan fingerprint density at radius 2 is 2.21 bits per heavy atom. The molecule has 0 aliphatic heterocycles. The van der Waals surface area contributed by atoms with Gasteiger partial charge < -0.3 is 5.32 Å². The summed E-state index contributed by atoms with van der Waals surface area (Å²) in [6.07, 6.45) is 3.06. The molecule has 2 heterocycles. The Bertz CT molecular complexity index is 525. The lowest BCUT2D eigenvalue weighted by molar-refractivity contribution is 0.672. The van der Waals surface area contributed by atoms with E-state index in [-0.39, 0.29) is 0 Å². The zero-order valence-corrected chi connectivity index (χ0v) is 13.2. The number of nitrogens with one attached hydrogen (secondary N) is 1. The minimum atomic E-state index is 0.734. The Morgan fingerprint density at radius 3 is 2.84 bits per heavy atom. The highest BCUT2D eigenvalue weighted by atomic mass is 35.5. The molecular weight excluding hydrogens is 278 g/mol. The van der Waals surface area contributed by atoms with E-state index < -0.39 is 0 Å². The molecule has 2 aromatic heterocycles. The Hall–Kier alpha value is -0.840. The minimum absolute atomic E-state index is 0.734. The predicted octanol–water partition coefficient (Wildman–Crippen LogP) is 3.76. The quantitative estimate of drug-likeness (QED) is 0.823. The summed E-state index contributed by atoms with van der Waals surface area (Å²) in [5.74, 6) is 0. The van der Waals surface area contributed by atoms with Crippen molar-refractivity contribution in [3.8, 4) is 0 Å². The van der Waals surface area contributed by atoms with Gasteiger partial charge in [-0.1, -0.05) is 18.5 Å². The van der Waals surface area contributed by atoms with Crippen LogP contribution >= 0.6 is 22.9 Å². The lowest BCUT2D eigenvalue weighted by atomic mass is 10.2. The Balaban J connectivity index is 2.04. The van der Waals surface area contributed by atoms with E-state index in [1.165, 1.54) is 21.7 Å². The molecule has 104 valence electrons. The second-order valence-electron chi connectivity index (χ2n) is 4.73. The molecule has 3 nitrogen and oxygen atoms in total. The van der Waals surface area contributed by atoms with Crippen LogP contribution in [-0.2, 0) is 13.1 Å². The second-order valence-corrected chi connectivity index (χ2v) is 6.48. The van der Waals surface area contributed by atoms with Crippen molar-refractivity contribution in [1.29, 1.82) is 0 Å². The monoisotopic (exact) mass is 297 g/mol. The van der Waals surface area contributed by atoms with Crippen molar-refractivity contribution < 1.29 is 0 Å². The number of thiophene rings is 1. The molecule has 0 unspecified atom stereocenters. The third-order valence-corrected chi connectivity index (χ3v) is 4.48. The third kappa shape index (κ3) is 3.81. The fraction of sp³-hybridized carbons (Fsp3) is 0.500. The summed E-state index contributed by atoms with van der Waals surface area (Å²) in [4.78, 5) is 2.74. The first-order valence-corrected chi connectivity index (χ1v) is 7.78. The van der Waals surface area contributed by atoms with Gasteiger partial charge in [-0.3, -0.25) is 4.68 Å². The maximum atomic E-state index is 6.03. The van der Waals surface area contributed by atoms with Crippen LogP contribution < -0.4 is 5.32 Å². The van der Waals surface area contributed by atoms with Crippen molar-refractivity contribution in [3.05, 3.63) is 38.3 Å². The number of aromatic nitrogens is 2. The summed E-state index contributed by atoms with van der Waals surface area (Å²) < 4.78 is 1.91. The molecule has 0 aliphatic carbocycles. The molecule has 2 aromatic rings. The van der Waals surface area contributed by atoms with Gasteiger partial charge in [-0.05, 0) is 38.4 Å². The van der Waals surface area contributed by atoms with Crippen LogP contribution in [0.25, 0.3) is 0 Å². The van der Waals surface area contributed by atoms with Gasteiger partial charge in [0.1, 0.15) is 0 Å². The highest BCUT2D eigenvalue weighted by molar-refractivity contribution is 7.12. The molecule has 0 bridgehead atoms. The van der Waals surface area contributed by atoms with Gasteiger partial charge in [-0.15, -0.1) is 11.3 Å². The van der Waals surface area contributed by atoms with Crippen LogP contribution in [-0.4, -0.2) is 16.3 Å². The van der Waals surface area contributed by atoms with Crippen LogP contribution in [0.2, 0.25) is 5.02 Å².